The number of carbonyl (C=O) groups is 1. The van der Waals surface area contributed by atoms with Gasteiger partial charge in [-0.25, -0.2) is 0 Å². The van der Waals surface area contributed by atoms with Gasteiger partial charge >= 0.3 is 0 Å². The van der Waals surface area contributed by atoms with Crippen LogP contribution in [0.5, 0.6) is 0 Å². The second-order valence-electron chi connectivity index (χ2n) is 3.73. The lowest BCUT2D eigenvalue weighted by Crippen LogP contribution is -2.05. The van der Waals surface area contributed by atoms with Crippen LogP contribution in [-0.4, -0.2) is 5.91 Å². The highest BCUT2D eigenvalue weighted by Crippen LogP contribution is 2.28. The van der Waals surface area contributed by atoms with Crippen LogP contribution < -0.4 is 5.32 Å². The van der Waals surface area contributed by atoms with Gasteiger partial charge in [-0.3, -0.25) is 4.79 Å². The molecule has 0 unspecified atom stereocenters. The highest BCUT2D eigenvalue weighted by molar-refractivity contribution is 9.10. The van der Waals surface area contributed by atoms with Crippen LogP contribution in [0, 0.1) is 0 Å². The molecule has 2 aromatic rings. The van der Waals surface area contributed by atoms with Gasteiger partial charge in [-0.15, -0.1) is 23.1 Å². The minimum atomic E-state index is -0.0427. The summed E-state index contributed by atoms with van der Waals surface area (Å²) in [7, 11) is 0. The quantitative estimate of drug-likeness (QED) is 0.812. The summed E-state index contributed by atoms with van der Waals surface area (Å²) in [6.45, 7) is 1.51. The largest absolute Gasteiger partial charge is 0.326 e. The van der Waals surface area contributed by atoms with Gasteiger partial charge in [-0.1, -0.05) is 0 Å². The van der Waals surface area contributed by atoms with Gasteiger partial charge in [0.2, 0.25) is 5.91 Å². The van der Waals surface area contributed by atoms with E-state index in [9.17, 15) is 4.79 Å². The molecule has 2 rings (SSSR count). The molecule has 0 fully saturated rings. The zero-order valence-corrected chi connectivity index (χ0v) is 13.0. The number of nitrogens with one attached hydrogen (secondary N) is 1. The second kappa shape index (κ2) is 6.41. The summed E-state index contributed by atoms with van der Waals surface area (Å²) in [5, 5.41) is 4.85. The Kier molecular flexibility index (Phi) is 4.86. The van der Waals surface area contributed by atoms with Crippen LogP contribution in [0.3, 0.4) is 0 Å². The summed E-state index contributed by atoms with van der Waals surface area (Å²) >= 11 is 7.00. The standard InChI is InChI=1S/C13H12BrNOS2/c1-9(16)15-11-2-4-12(5-3-11)18-8-13-6-10(14)7-17-13/h2-7H,8H2,1H3,(H,15,16). The molecule has 1 heterocycles. The van der Waals surface area contributed by atoms with E-state index in [-0.39, 0.29) is 5.91 Å². The Morgan fingerprint density at radius 3 is 2.67 bits per heavy atom. The van der Waals surface area contributed by atoms with E-state index in [1.54, 1.807) is 23.1 Å². The van der Waals surface area contributed by atoms with Crippen molar-refractivity contribution >= 4 is 50.6 Å². The molecule has 2 nitrogen and oxygen atoms in total. The average Bonchev–Trinajstić information content (AvgIpc) is 2.74. The first-order valence-electron chi connectivity index (χ1n) is 5.37. The molecule has 1 amide bonds. The third kappa shape index (κ3) is 4.15. The molecule has 1 N–H and O–H groups in total. The van der Waals surface area contributed by atoms with Crippen molar-refractivity contribution < 1.29 is 4.79 Å². The fourth-order valence-electron chi connectivity index (χ4n) is 1.42. The molecule has 0 aliphatic rings. The molecule has 0 aliphatic carbocycles. The summed E-state index contributed by atoms with van der Waals surface area (Å²) < 4.78 is 1.14. The molecular formula is C13H12BrNOS2. The van der Waals surface area contributed by atoms with Crippen LogP contribution in [0.15, 0.2) is 45.1 Å². The maximum Gasteiger partial charge on any atom is 0.221 e. The number of amides is 1. The van der Waals surface area contributed by atoms with Gasteiger partial charge in [0.05, 0.1) is 0 Å². The van der Waals surface area contributed by atoms with Crippen molar-refractivity contribution in [3.63, 3.8) is 0 Å². The van der Waals surface area contributed by atoms with E-state index in [0.29, 0.717) is 0 Å². The Morgan fingerprint density at radius 2 is 2.11 bits per heavy atom. The lowest BCUT2D eigenvalue weighted by molar-refractivity contribution is -0.114. The number of carbonyl (C=O) groups excluding carboxylic acids is 1. The third-order valence-corrected chi connectivity index (χ3v) is 5.12. The number of anilines is 1. The van der Waals surface area contributed by atoms with Crippen LogP contribution >= 0.6 is 39.0 Å². The summed E-state index contributed by atoms with van der Waals surface area (Å²) in [5.41, 5.74) is 0.839. The number of thiophene rings is 1. The highest BCUT2D eigenvalue weighted by atomic mass is 79.9. The van der Waals surface area contributed by atoms with Gasteiger partial charge in [-0.2, -0.15) is 0 Å². The lowest BCUT2D eigenvalue weighted by Gasteiger charge is -2.03. The number of hydrogen-bond donors (Lipinski definition) is 1. The fraction of sp³-hybridized carbons (Fsp3) is 0.154. The molecule has 0 spiro atoms. The summed E-state index contributed by atoms with van der Waals surface area (Å²) in [5.74, 6) is 0.925. The predicted molar refractivity (Wildman–Crippen MR) is 82.3 cm³/mol. The van der Waals surface area contributed by atoms with E-state index >= 15 is 0 Å². The maximum absolute atomic E-state index is 10.9. The first-order valence-corrected chi connectivity index (χ1v) is 8.02. The third-order valence-electron chi connectivity index (χ3n) is 2.18. The molecule has 1 aromatic heterocycles. The van der Waals surface area contributed by atoms with Crippen LogP contribution in [0.4, 0.5) is 5.69 Å². The van der Waals surface area contributed by atoms with Gasteiger partial charge in [0.15, 0.2) is 0 Å². The number of thioether (sulfide) groups is 1. The van der Waals surface area contributed by atoms with Gasteiger partial charge in [0.1, 0.15) is 0 Å². The SMILES string of the molecule is CC(=O)Nc1ccc(SCc2cc(Br)cs2)cc1. The zero-order chi connectivity index (χ0) is 13.0. The van der Waals surface area contributed by atoms with Crippen molar-refractivity contribution in [2.45, 2.75) is 17.6 Å². The van der Waals surface area contributed by atoms with Crippen molar-refractivity contribution in [1.82, 2.24) is 0 Å². The topological polar surface area (TPSA) is 29.1 Å². The monoisotopic (exact) mass is 341 g/mol. The van der Waals surface area contributed by atoms with Crippen LogP contribution in [0.1, 0.15) is 11.8 Å². The van der Waals surface area contributed by atoms with Crippen molar-refractivity contribution in [3.8, 4) is 0 Å². The van der Waals surface area contributed by atoms with E-state index in [0.717, 1.165) is 15.9 Å². The Balaban J connectivity index is 1.92. The lowest BCUT2D eigenvalue weighted by atomic mass is 10.3. The smallest absolute Gasteiger partial charge is 0.221 e. The first kappa shape index (κ1) is 13.6. The zero-order valence-electron chi connectivity index (χ0n) is 9.77. The fourth-order valence-corrected chi connectivity index (χ4v) is 3.83. The molecule has 18 heavy (non-hydrogen) atoms. The van der Waals surface area contributed by atoms with E-state index in [1.165, 1.54) is 16.7 Å². The molecule has 0 bridgehead atoms. The van der Waals surface area contributed by atoms with E-state index in [2.05, 4.69) is 32.7 Å². The van der Waals surface area contributed by atoms with Crippen LogP contribution in [0.25, 0.3) is 0 Å². The number of hydrogen-bond acceptors (Lipinski definition) is 3. The molecular weight excluding hydrogens is 330 g/mol. The number of rotatable bonds is 4. The molecule has 0 aliphatic heterocycles. The Bertz CT molecular complexity index is 536. The number of halogens is 1. The van der Waals surface area contributed by atoms with Gasteiger partial charge in [-0.05, 0) is 46.3 Å². The maximum atomic E-state index is 10.9. The Hall–Kier alpha value is -0.780. The van der Waals surface area contributed by atoms with Crippen molar-refractivity contribution in [3.05, 3.63) is 45.1 Å². The minimum Gasteiger partial charge on any atom is -0.326 e. The number of benzene rings is 1. The highest BCUT2D eigenvalue weighted by Gasteiger charge is 2.00. The normalized spacial score (nSPS) is 10.3. The second-order valence-corrected chi connectivity index (χ2v) is 6.69. The van der Waals surface area contributed by atoms with Gasteiger partial charge < -0.3 is 5.32 Å². The van der Waals surface area contributed by atoms with Crippen molar-refractivity contribution in [2.24, 2.45) is 0 Å². The molecule has 0 saturated heterocycles. The predicted octanol–water partition coefficient (Wildman–Crippen LogP) is 4.76. The van der Waals surface area contributed by atoms with Crippen molar-refractivity contribution in [1.29, 1.82) is 0 Å². The van der Waals surface area contributed by atoms with E-state index < -0.39 is 0 Å². The molecule has 0 radical (unpaired) electrons. The van der Waals surface area contributed by atoms with Crippen LogP contribution in [0.2, 0.25) is 0 Å². The average molecular weight is 342 g/mol. The van der Waals surface area contributed by atoms with E-state index in [1.807, 2.05) is 24.3 Å². The summed E-state index contributed by atoms with van der Waals surface area (Å²) in [6, 6.07) is 10.0. The van der Waals surface area contributed by atoms with Crippen LogP contribution in [-0.2, 0) is 10.5 Å². The van der Waals surface area contributed by atoms with E-state index in [4.69, 9.17) is 0 Å². The van der Waals surface area contributed by atoms with Crippen molar-refractivity contribution in [2.75, 3.05) is 5.32 Å². The molecule has 0 saturated carbocycles. The van der Waals surface area contributed by atoms with Gasteiger partial charge in [0, 0.05) is 38.0 Å². The molecule has 5 heteroatoms. The van der Waals surface area contributed by atoms with Gasteiger partial charge in [0.25, 0.3) is 0 Å². The summed E-state index contributed by atoms with van der Waals surface area (Å²) in [4.78, 5) is 13.4. The Morgan fingerprint density at radius 1 is 1.39 bits per heavy atom. The first-order chi connectivity index (χ1) is 8.63. The Labute approximate surface area is 123 Å². The summed E-state index contributed by atoms with van der Waals surface area (Å²) in [6.07, 6.45) is 0. The molecule has 0 atom stereocenters. The molecule has 1 aromatic carbocycles. The minimum absolute atomic E-state index is 0.0427. The molecule has 94 valence electrons.